The van der Waals surface area contributed by atoms with Crippen LogP contribution in [0.15, 0.2) is 47.7 Å². The van der Waals surface area contributed by atoms with Gasteiger partial charge in [0, 0.05) is 65.1 Å². The largest absolute Gasteiger partial charge is 0.356 e. The molecule has 1 aliphatic rings. The average Bonchev–Trinajstić information content (AvgIpc) is 2.82. The van der Waals surface area contributed by atoms with Crippen LogP contribution < -0.4 is 15.5 Å². The van der Waals surface area contributed by atoms with Gasteiger partial charge in [0.2, 0.25) is 11.9 Å². The van der Waals surface area contributed by atoms with Gasteiger partial charge >= 0.3 is 0 Å². The molecule has 2 aromatic rings. The van der Waals surface area contributed by atoms with Crippen LogP contribution in [0.1, 0.15) is 24.5 Å². The second-order valence-corrected chi connectivity index (χ2v) is 7.14. The highest BCUT2D eigenvalue weighted by molar-refractivity contribution is 5.81. The van der Waals surface area contributed by atoms with Gasteiger partial charge in [-0.1, -0.05) is 31.2 Å². The molecule has 8 heteroatoms. The van der Waals surface area contributed by atoms with E-state index >= 15 is 0 Å². The number of amides is 1. The lowest BCUT2D eigenvalue weighted by Crippen LogP contribution is -2.50. The molecule has 0 spiro atoms. The first-order valence-electron chi connectivity index (χ1n) is 10.5. The molecule has 1 amide bonds. The lowest BCUT2D eigenvalue weighted by molar-refractivity contribution is -0.131. The van der Waals surface area contributed by atoms with E-state index in [2.05, 4.69) is 61.7 Å². The first-order valence-corrected chi connectivity index (χ1v) is 10.5. The van der Waals surface area contributed by atoms with Gasteiger partial charge in [-0.15, -0.1) is 0 Å². The molecule has 2 heterocycles. The number of aromatic nitrogens is 2. The molecule has 1 aliphatic heterocycles. The number of carbonyl (C=O) groups is 1. The molecule has 1 aromatic heterocycles. The van der Waals surface area contributed by atoms with E-state index in [1.807, 2.05) is 11.0 Å². The van der Waals surface area contributed by atoms with E-state index in [0.717, 1.165) is 25.5 Å². The van der Waals surface area contributed by atoms with Crippen LogP contribution in [-0.2, 0) is 17.8 Å². The Balaban J connectivity index is 1.38. The fraction of sp³-hybridized carbons (Fsp3) is 0.455. The topological polar surface area (TPSA) is 85.8 Å². The summed E-state index contributed by atoms with van der Waals surface area (Å²) in [6.07, 6.45) is 4.93. The van der Waals surface area contributed by atoms with Gasteiger partial charge in [0.25, 0.3) is 0 Å². The van der Waals surface area contributed by atoms with Gasteiger partial charge < -0.3 is 20.4 Å². The van der Waals surface area contributed by atoms with Gasteiger partial charge in [-0.05, 0) is 23.6 Å². The molecule has 2 N–H and O–H groups in total. The number of anilines is 1. The van der Waals surface area contributed by atoms with Crippen molar-refractivity contribution in [2.45, 2.75) is 26.3 Å². The van der Waals surface area contributed by atoms with Crippen LogP contribution in [0.3, 0.4) is 0 Å². The summed E-state index contributed by atoms with van der Waals surface area (Å²) in [5, 5.41) is 6.57. The van der Waals surface area contributed by atoms with Crippen molar-refractivity contribution in [2.24, 2.45) is 4.99 Å². The van der Waals surface area contributed by atoms with Crippen molar-refractivity contribution in [3.63, 3.8) is 0 Å². The number of hydrogen-bond donors (Lipinski definition) is 2. The van der Waals surface area contributed by atoms with Crippen LogP contribution >= 0.6 is 0 Å². The third-order valence-corrected chi connectivity index (χ3v) is 5.27. The summed E-state index contributed by atoms with van der Waals surface area (Å²) in [6.45, 7) is 6.31. The van der Waals surface area contributed by atoms with E-state index < -0.39 is 0 Å². The fourth-order valence-electron chi connectivity index (χ4n) is 3.53. The highest BCUT2D eigenvalue weighted by atomic mass is 16.2. The molecule has 30 heavy (non-hydrogen) atoms. The second kappa shape index (κ2) is 11.1. The minimum atomic E-state index is 0.155. The normalized spacial score (nSPS) is 14.5. The molecule has 0 aliphatic carbocycles. The van der Waals surface area contributed by atoms with Crippen molar-refractivity contribution in [2.75, 3.05) is 44.7 Å². The molecule has 0 unspecified atom stereocenters. The lowest BCUT2D eigenvalue weighted by atomic mass is 10.1. The van der Waals surface area contributed by atoms with Crippen LogP contribution in [0.4, 0.5) is 5.95 Å². The summed E-state index contributed by atoms with van der Waals surface area (Å²) in [4.78, 5) is 29.4. The highest BCUT2D eigenvalue weighted by Crippen LogP contribution is 2.10. The summed E-state index contributed by atoms with van der Waals surface area (Å²) >= 11 is 0. The molecule has 0 bridgehead atoms. The molecule has 1 aromatic carbocycles. The van der Waals surface area contributed by atoms with E-state index in [-0.39, 0.29) is 5.91 Å². The minimum absolute atomic E-state index is 0.155. The van der Waals surface area contributed by atoms with Gasteiger partial charge in [0.1, 0.15) is 0 Å². The summed E-state index contributed by atoms with van der Waals surface area (Å²) < 4.78 is 0. The van der Waals surface area contributed by atoms with E-state index in [4.69, 9.17) is 0 Å². The van der Waals surface area contributed by atoms with Crippen LogP contribution in [-0.4, -0.2) is 66.5 Å². The van der Waals surface area contributed by atoms with Crippen molar-refractivity contribution in [1.82, 2.24) is 25.5 Å². The summed E-state index contributed by atoms with van der Waals surface area (Å²) in [7, 11) is 1.74. The maximum absolute atomic E-state index is 12.5. The molecule has 0 atom stereocenters. The van der Waals surface area contributed by atoms with Crippen LogP contribution in [0, 0.1) is 0 Å². The van der Waals surface area contributed by atoms with Crippen LogP contribution in [0.25, 0.3) is 0 Å². The van der Waals surface area contributed by atoms with Crippen LogP contribution in [0.2, 0.25) is 0 Å². The molecule has 8 nitrogen and oxygen atoms in total. The molecule has 0 saturated carbocycles. The quantitative estimate of drug-likeness (QED) is 0.532. The van der Waals surface area contributed by atoms with Gasteiger partial charge in [0.15, 0.2) is 5.96 Å². The van der Waals surface area contributed by atoms with Gasteiger partial charge in [-0.2, -0.15) is 0 Å². The van der Waals surface area contributed by atoms with E-state index in [9.17, 15) is 4.79 Å². The Bertz CT molecular complexity index is 832. The Hall–Kier alpha value is -3.16. The smallest absolute Gasteiger partial charge is 0.225 e. The Morgan fingerprint density at radius 3 is 2.40 bits per heavy atom. The number of benzene rings is 1. The van der Waals surface area contributed by atoms with Crippen molar-refractivity contribution in [3.8, 4) is 0 Å². The maximum Gasteiger partial charge on any atom is 0.225 e. The lowest BCUT2D eigenvalue weighted by Gasteiger charge is -2.34. The SMILES string of the molecule is CCc1ccccc1CNC(=NC)NCCC(=O)N1CCN(c2ncccn2)CC1. The second-order valence-electron chi connectivity index (χ2n) is 7.14. The molecular weight excluding hydrogens is 378 g/mol. The molecule has 3 rings (SSSR count). The highest BCUT2D eigenvalue weighted by Gasteiger charge is 2.22. The van der Waals surface area contributed by atoms with Gasteiger partial charge in [-0.25, -0.2) is 9.97 Å². The van der Waals surface area contributed by atoms with E-state index in [1.54, 1.807) is 19.4 Å². The number of piperazine rings is 1. The standard InChI is InChI=1S/C22H31N7O/c1-3-18-7-4-5-8-19(18)17-27-21(23-2)24-12-9-20(30)28-13-15-29(16-14-28)22-25-10-6-11-26-22/h4-8,10-11H,3,9,12-17H2,1-2H3,(H2,23,24,27). The van der Waals surface area contributed by atoms with Crippen molar-refractivity contribution in [1.29, 1.82) is 0 Å². The van der Waals surface area contributed by atoms with Crippen molar-refractivity contribution < 1.29 is 4.79 Å². The number of aliphatic imine (C=N–C) groups is 1. The number of guanidine groups is 1. The fourth-order valence-corrected chi connectivity index (χ4v) is 3.53. The summed E-state index contributed by atoms with van der Waals surface area (Å²) in [5.41, 5.74) is 2.59. The Morgan fingerprint density at radius 1 is 1.03 bits per heavy atom. The maximum atomic E-state index is 12.5. The number of nitrogens with zero attached hydrogens (tertiary/aromatic N) is 5. The zero-order valence-electron chi connectivity index (χ0n) is 17.8. The molecular formula is C22H31N7O. The van der Waals surface area contributed by atoms with Crippen molar-refractivity contribution in [3.05, 3.63) is 53.9 Å². The average molecular weight is 410 g/mol. The number of carbonyl (C=O) groups excluding carboxylic acids is 1. The molecule has 160 valence electrons. The summed E-state index contributed by atoms with van der Waals surface area (Å²) in [6, 6.07) is 10.2. The zero-order valence-corrected chi connectivity index (χ0v) is 17.8. The molecule has 1 saturated heterocycles. The van der Waals surface area contributed by atoms with Gasteiger partial charge in [0.05, 0.1) is 0 Å². The summed E-state index contributed by atoms with van der Waals surface area (Å²) in [5.74, 6) is 1.59. The third-order valence-electron chi connectivity index (χ3n) is 5.27. The molecule has 0 radical (unpaired) electrons. The first-order chi connectivity index (χ1) is 14.7. The zero-order chi connectivity index (χ0) is 21.2. The first kappa shape index (κ1) is 21.5. The third kappa shape index (κ3) is 5.92. The van der Waals surface area contributed by atoms with E-state index in [1.165, 1.54) is 11.1 Å². The predicted molar refractivity (Wildman–Crippen MR) is 119 cm³/mol. The number of nitrogens with one attached hydrogen (secondary N) is 2. The van der Waals surface area contributed by atoms with Crippen molar-refractivity contribution >= 4 is 17.8 Å². The number of aryl methyl sites for hydroxylation is 1. The number of hydrogen-bond acceptors (Lipinski definition) is 5. The Kier molecular flexibility index (Phi) is 8.00. The molecule has 1 fully saturated rings. The minimum Gasteiger partial charge on any atom is -0.356 e. The van der Waals surface area contributed by atoms with Gasteiger partial charge in [-0.3, -0.25) is 9.79 Å². The monoisotopic (exact) mass is 409 g/mol. The predicted octanol–water partition coefficient (Wildman–Crippen LogP) is 1.44. The Morgan fingerprint density at radius 2 is 1.73 bits per heavy atom. The Labute approximate surface area is 178 Å². The van der Waals surface area contributed by atoms with E-state index in [0.29, 0.717) is 38.6 Å². The van der Waals surface area contributed by atoms with Crippen LogP contribution in [0.5, 0.6) is 0 Å². The number of rotatable bonds is 7.